The second-order valence-corrected chi connectivity index (χ2v) is 14.8. The Morgan fingerprint density at radius 3 is 1.28 bits per heavy atom. The lowest BCUT2D eigenvalue weighted by molar-refractivity contribution is -0.285. The minimum absolute atomic E-state index is 0.185. The van der Waals surface area contributed by atoms with Crippen LogP contribution in [0.15, 0.2) is 101 Å². The number of hydrogen-bond donors (Lipinski definition) is 1. The molecule has 0 saturated carbocycles. The van der Waals surface area contributed by atoms with Crippen molar-refractivity contribution in [2.45, 2.75) is 163 Å². The van der Waals surface area contributed by atoms with Crippen molar-refractivity contribution >= 4 is 11.9 Å². The summed E-state index contributed by atoms with van der Waals surface area (Å²) in [5.74, 6) is -1.00. The van der Waals surface area contributed by atoms with Crippen LogP contribution in [0, 0.1) is 0 Å². The van der Waals surface area contributed by atoms with Crippen molar-refractivity contribution in [3.05, 3.63) is 101 Å². The standard InChI is InChI=1S/C44H68N2O4/c1-9-26-41(27-10-2)34-22-35-42(28-11-3,29-12-4)45(41)38(24-20-18-17-19-21-25-39(47)48)40(49)50-46-43(30-13-5,31-14-6)36-23-37-44(46,32-15-7)33-16-8/h9-16,38H,1-8,17-37H2,(H,47,48). The van der Waals surface area contributed by atoms with Gasteiger partial charge in [-0.25, -0.2) is 4.79 Å². The average Bonchev–Trinajstić information content (AvgIpc) is 3.06. The Hall–Kier alpha value is -3.22. The molecule has 2 fully saturated rings. The van der Waals surface area contributed by atoms with E-state index in [-0.39, 0.29) is 23.5 Å². The zero-order chi connectivity index (χ0) is 37.1. The van der Waals surface area contributed by atoms with Crippen molar-refractivity contribution < 1.29 is 19.5 Å². The molecule has 2 heterocycles. The molecule has 278 valence electrons. The molecule has 0 aromatic heterocycles. The Morgan fingerprint density at radius 2 is 0.900 bits per heavy atom. The minimum Gasteiger partial charge on any atom is -0.481 e. The molecule has 1 N–H and O–H groups in total. The number of hydroxylamine groups is 2. The summed E-state index contributed by atoms with van der Waals surface area (Å²) in [6.45, 7) is 33.2. The van der Waals surface area contributed by atoms with Crippen molar-refractivity contribution in [1.29, 1.82) is 0 Å². The molecule has 0 radical (unpaired) electrons. The van der Waals surface area contributed by atoms with Crippen LogP contribution in [-0.4, -0.2) is 55.2 Å². The normalized spacial score (nSPS) is 20.0. The number of aliphatic carboxylic acids is 1. The summed E-state index contributed by atoms with van der Waals surface area (Å²) in [4.78, 5) is 35.9. The molecule has 2 rings (SSSR count). The van der Waals surface area contributed by atoms with Crippen LogP contribution >= 0.6 is 0 Å². The molecule has 6 nitrogen and oxygen atoms in total. The number of carbonyl (C=O) groups is 2. The van der Waals surface area contributed by atoms with Crippen molar-refractivity contribution in [2.75, 3.05) is 0 Å². The predicted molar refractivity (Wildman–Crippen MR) is 211 cm³/mol. The molecule has 2 saturated heterocycles. The van der Waals surface area contributed by atoms with Gasteiger partial charge in [0, 0.05) is 17.5 Å². The number of likely N-dealkylation sites (tertiary alicyclic amines) is 1. The number of rotatable bonds is 27. The Kier molecular flexibility index (Phi) is 18.2. The van der Waals surface area contributed by atoms with Crippen molar-refractivity contribution in [3.63, 3.8) is 0 Å². The van der Waals surface area contributed by atoms with Crippen LogP contribution in [0.1, 0.15) is 135 Å². The molecule has 50 heavy (non-hydrogen) atoms. The van der Waals surface area contributed by atoms with Crippen LogP contribution in [0.25, 0.3) is 0 Å². The molecule has 2 aliphatic rings. The van der Waals surface area contributed by atoms with Gasteiger partial charge < -0.3 is 9.94 Å². The molecule has 2 aliphatic heterocycles. The molecule has 1 atom stereocenters. The van der Waals surface area contributed by atoms with E-state index in [0.717, 1.165) is 64.2 Å². The van der Waals surface area contributed by atoms with Gasteiger partial charge in [0.15, 0.2) is 0 Å². The van der Waals surface area contributed by atoms with E-state index in [1.807, 2.05) is 53.7 Å². The number of piperidine rings is 2. The summed E-state index contributed by atoms with van der Waals surface area (Å²) in [6, 6.07) is -0.550. The molecule has 1 unspecified atom stereocenters. The molecule has 0 amide bonds. The van der Waals surface area contributed by atoms with Crippen LogP contribution in [0.5, 0.6) is 0 Å². The highest BCUT2D eigenvalue weighted by Crippen LogP contribution is 2.51. The number of carboxylic acids is 1. The summed E-state index contributed by atoms with van der Waals surface area (Å²) in [7, 11) is 0. The highest BCUT2D eigenvalue weighted by Gasteiger charge is 2.56. The fourth-order valence-corrected chi connectivity index (χ4v) is 9.47. The monoisotopic (exact) mass is 689 g/mol. The number of nitrogens with zero attached hydrogens (tertiary/aromatic N) is 2. The topological polar surface area (TPSA) is 70.1 Å². The van der Waals surface area contributed by atoms with Gasteiger partial charge in [-0.1, -0.05) is 74.3 Å². The molecule has 0 aliphatic carbocycles. The van der Waals surface area contributed by atoms with Gasteiger partial charge in [-0.3, -0.25) is 9.69 Å². The largest absolute Gasteiger partial charge is 0.481 e. The molecular weight excluding hydrogens is 620 g/mol. The van der Waals surface area contributed by atoms with Gasteiger partial charge in [0.2, 0.25) is 0 Å². The molecule has 0 bridgehead atoms. The van der Waals surface area contributed by atoms with Crippen LogP contribution < -0.4 is 0 Å². The molecule has 0 spiro atoms. The lowest BCUT2D eigenvalue weighted by Crippen LogP contribution is -2.69. The molecule has 0 aromatic carbocycles. The highest BCUT2D eigenvalue weighted by atomic mass is 16.7. The first-order valence-electron chi connectivity index (χ1n) is 19.0. The van der Waals surface area contributed by atoms with Crippen molar-refractivity contribution in [1.82, 2.24) is 9.96 Å². The quantitative estimate of drug-likeness (QED) is 0.0684. The zero-order valence-corrected chi connectivity index (χ0v) is 31.3. The summed E-state index contributed by atoms with van der Waals surface area (Å²) < 4.78 is 0. The van der Waals surface area contributed by atoms with Gasteiger partial charge >= 0.3 is 11.9 Å². The van der Waals surface area contributed by atoms with E-state index in [1.54, 1.807) is 0 Å². The Bertz CT molecular complexity index is 1080. The fourth-order valence-electron chi connectivity index (χ4n) is 9.47. The number of hydrogen-bond acceptors (Lipinski definition) is 5. The third kappa shape index (κ3) is 10.4. The molecule has 6 heteroatoms. The van der Waals surface area contributed by atoms with E-state index in [9.17, 15) is 4.79 Å². The van der Waals surface area contributed by atoms with Crippen LogP contribution in [0.3, 0.4) is 0 Å². The zero-order valence-electron chi connectivity index (χ0n) is 31.3. The van der Waals surface area contributed by atoms with Gasteiger partial charge in [-0.15, -0.1) is 57.7 Å². The van der Waals surface area contributed by atoms with E-state index >= 15 is 4.79 Å². The first-order chi connectivity index (χ1) is 24.1. The lowest BCUT2D eigenvalue weighted by atomic mass is 9.69. The Morgan fingerprint density at radius 1 is 0.560 bits per heavy atom. The fraction of sp³-hybridized carbons (Fsp3) is 0.591. The smallest absolute Gasteiger partial charge is 0.342 e. The van der Waals surface area contributed by atoms with E-state index in [4.69, 9.17) is 9.94 Å². The minimum atomic E-state index is -0.759. The van der Waals surface area contributed by atoms with Crippen molar-refractivity contribution in [3.8, 4) is 0 Å². The van der Waals surface area contributed by atoms with Crippen LogP contribution in [0.4, 0.5) is 0 Å². The van der Waals surface area contributed by atoms with Gasteiger partial charge in [0.25, 0.3) is 0 Å². The van der Waals surface area contributed by atoms with E-state index < -0.39 is 23.1 Å². The first-order valence-corrected chi connectivity index (χ1v) is 19.0. The Labute approximate surface area is 305 Å². The van der Waals surface area contributed by atoms with E-state index in [2.05, 4.69) is 57.5 Å². The van der Waals surface area contributed by atoms with Gasteiger partial charge in [0.1, 0.15) is 6.04 Å². The maximum atomic E-state index is 15.4. The number of carbonyl (C=O) groups excluding carboxylic acids is 1. The number of unbranched alkanes of at least 4 members (excludes halogenated alkanes) is 4. The first kappa shape index (κ1) is 42.9. The van der Waals surface area contributed by atoms with E-state index in [1.165, 1.54) is 0 Å². The van der Waals surface area contributed by atoms with Gasteiger partial charge in [-0.2, -0.15) is 0 Å². The maximum Gasteiger partial charge on any atom is 0.342 e. The second-order valence-electron chi connectivity index (χ2n) is 14.8. The van der Waals surface area contributed by atoms with Gasteiger partial charge in [0.05, 0.1) is 11.1 Å². The predicted octanol–water partition coefficient (Wildman–Crippen LogP) is 11.2. The molecular formula is C44H68N2O4. The van der Waals surface area contributed by atoms with E-state index in [0.29, 0.717) is 64.2 Å². The molecule has 0 aromatic rings. The summed E-state index contributed by atoms with van der Waals surface area (Å²) >= 11 is 0. The number of carboxylic acid groups (broad SMARTS) is 1. The average molecular weight is 689 g/mol. The maximum absolute atomic E-state index is 15.4. The summed E-state index contributed by atoms with van der Waals surface area (Å²) in [5, 5.41) is 11.1. The summed E-state index contributed by atoms with van der Waals surface area (Å²) in [5.41, 5.74) is -1.73. The van der Waals surface area contributed by atoms with Gasteiger partial charge in [-0.05, 0) is 103 Å². The SMILES string of the molecule is C=CCC1(CC=C)CCCC(CC=C)(CC=C)N1OC(=O)C(CCCCCCCC(=O)O)N1C(CC=C)(CC=C)CCCC1(CC=C)CC=C. The second kappa shape index (κ2) is 21.2. The van der Waals surface area contributed by atoms with Crippen LogP contribution in [0.2, 0.25) is 0 Å². The highest BCUT2D eigenvalue weighted by molar-refractivity contribution is 5.76. The third-order valence-electron chi connectivity index (χ3n) is 11.3. The lowest BCUT2D eigenvalue weighted by Gasteiger charge is -2.61. The Balaban J connectivity index is 2.78. The van der Waals surface area contributed by atoms with Crippen molar-refractivity contribution in [2.24, 2.45) is 0 Å². The third-order valence-corrected chi connectivity index (χ3v) is 11.3. The summed E-state index contributed by atoms with van der Waals surface area (Å²) in [6.07, 6.45) is 31.7. The van der Waals surface area contributed by atoms with Crippen LogP contribution in [-0.2, 0) is 14.4 Å².